The number of phenols is 1. The zero-order valence-electron chi connectivity index (χ0n) is 19.0. The summed E-state index contributed by atoms with van der Waals surface area (Å²) in [6.45, 7) is 4.19. The zero-order valence-corrected chi connectivity index (χ0v) is 19.9. The number of hydrogen-bond donors (Lipinski definition) is 3. The number of amides is 1. The van der Waals surface area contributed by atoms with Gasteiger partial charge < -0.3 is 21.1 Å². The number of carbonyl (C=O) groups excluding carboxylic acids is 2. The van der Waals surface area contributed by atoms with Gasteiger partial charge in [0, 0.05) is 36.6 Å². The quantitative estimate of drug-likeness (QED) is 0.347. The lowest BCUT2D eigenvalue weighted by Crippen LogP contribution is -2.32. The van der Waals surface area contributed by atoms with E-state index in [0.717, 1.165) is 11.1 Å². The molecule has 1 saturated heterocycles. The maximum absolute atomic E-state index is 12.3. The Bertz CT molecular complexity index is 1170. The number of nitrogens with two attached hydrogens (primary N) is 1. The average molecular weight is 511 g/mol. The first kappa shape index (κ1) is 26.0. The van der Waals surface area contributed by atoms with E-state index in [2.05, 4.69) is 15.4 Å². The molecule has 4 rings (SSSR count). The number of anilines is 3. The van der Waals surface area contributed by atoms with E-state index in [1.54, 1.807) is 36.0 Å². The highest BCUT2D eigenvalue weighted by Gasteiger charge is 2.36. The molecule has 4 N–H and O–H groups in total. The number of aromatic nitrogens is 3. The number of hydrogen-bond acceptors (Lipinski definition) is 8. The Morgan fingerprint density at radius 1 is 1.34 bits per heavy atom. The summed E-state index contributed by atoms with van der Waals surface area (Å²) < 4.78 is 38.6. The van der Waals surface area contributed by atoms with E-state index in [1.165, 1.54) is 22.4 Å². The van der Waals surface area contributed by atoms with Gasteiger partial charge in [0.1, 0.15) is 12.2 Å². The van der Waals surface area contributed by atoms with Gasteiger partial charge in [0.05, 0.1) is 17.1 Å². The summed E-state index contributed by atoms with van der Waals surface area (Å²) in [5.41, 5.74) is 8.08. The third-order valence-corrected chi connectivity index (χ3v) is 6.27. The van der Waals surface area contributed by atoms with Gasteiger partial charge in [-0.3, -0.25) is 14.3 Å². The molecule has 1 aromatic carbocycles. The van der Waals surface area contributed by atoms with Gasteiger partial charge in [-0.15, -0.1) is 0 Å². The smallest absolute Gasteiger partial charge is 0.397 e. The van der Waals surface area contributed by atoms with Crippen LogP contribution < -0.4 is 11.1 Å². The number of halogens is 3. The molecule has 35 heavy (non-hydrogen) atoms. The summed E-state index contributed by atoms with van der Waals surface area (Å²) in [5, 5.41) is 16.9. The van der Waals surface area contributed by atoms with Crippen molar-refractivity contribution >= 4 is 40.2 Å². The lowest BCUT2D eigenvalue weighted by Gasteiger charge is -2.17. The van der Waals surface area contributed by atoms with Crippen LogP contribution in [0, 0.1) is 13.8 Å². The van der Waals surface area contributed by atoms with Crippen LogP contribution in [0.2, 0.25) is 0 Å². The van der Waals surface area contributed by atoms with E-state index in [0.29, 0.717) is 34.2 Å². The Labute approximate surface area is 203 Å². The Morgan fingerprint density at radius 3 is 2.71 bits per heavy atom. The predicted molar refractivity (Wildman–Crippen MR) is 126 cm³/mol. The molecule has 0 spiro atoms. The summed E-state index contributed by atoms with van der Waals surface area (Å²) in [7, 11) is 0. The van der Waals surface area contributed by atoms with E-state index in [-0.39, 0.29) is 24.9 Å². The number of nitrogen functional groups attached to an aromatic ring is 1. The Balaban J connectivity index is 0.000000287. The van der Waals surface area contributed by atoms with E-state index in [9.17, 15) is 22.8 Å². The van der Waals surface area contributed by atoms with Crippen molar-refractivity contribution in [2.45, 2.75) is 38.9 Å². The predicted octanol–water partition coefficient (Wildman–Crippen LogP) is 4.21. The molecule has 3 aromatic rings. The molecule has 188 valence electrons. The van der Waals surface area contributed by atoms with Crippen molar-refractivity contribution in [1.82, 2.24) is 19.7 Å². The zero-order chi connectivity index (χ0) is 25.8. The highest BCUT2D eigenvalue weighted by molar-refractivity contribution is 7.17. The second-order valence-corrected chi connectivity index (χ2v) is 9.07. The van der Waals surface area contributed by atoms with Crippen LogP contribution in [0.4, 0.5) is 29.8 Å². The van der Waals surface area contributed by atoms with Crippen LogP contribution in [0.25, 0.3) is 0 Å². The average Bonchev–Trinajstić information content (AvgIpc) is 3.55. The standard InChI is InChI=1S/C14H14F3N5O2S.C8H11NO/c15-14(16,17)5-12(24)21-3-1-9(7-21)22-4-2-11(20-22)19-13-18-6-10(8-23)25-13;1-5-3-4-7(10)6(2)8(5)9/h2,4,6,8-9H,1,3,5,7H2,(H,18,19,20);3-4,10H,9H2,1-2H3. The maximum Gasteiger partial charge on any atom is 0.397 e. The number of rotatable bonds is 5. The van der Waals surface area contributed by atoms with Crippen LogP contribution >= 0.6 is 11.3 Å². The minimum atomic E-state index is -4.49. The number of aromatic hydroxyl groups is 1. The molecule has 1 unspecified atom stereocenters. The van der Waals surface area contributed by atoms with Crippen LogP contribution in [0.15, 0.2) is 30.6 Å². The third-order valence-electron chi connectivity index (χ3n) is 5.43. The van der Waals surface area contributed by atoms with Crippen molar-refractivity contribution in [1.29, 1.82) is 0 Å². The summed E-state index contributed by atoms with van der Waals surface area (Å²) in [4.78, 5) is 28.0. The van der Waals surface area contributed by atoms with Crippen molar-refractivity contribution in [3.8, 4) is 5.75 Å². The van der Waals surface area contributed by atoms with Gasteiger partial charge >= 0.3 is 6.18 Å². The molecule has 0 saturated carbocycles. The first-order chi connectivity index (χ1) is 16.5. The normalized spacial score (nSPS) is 15.5. The topological polar surface area (TPSA) is 126 Å². The molecule has 1 aliphatic heterocycles. The second kappa shape index (κ2) is 10.8. The summed E-state index contributed by atoms with van der Waals surface area (Å²) in [5.74, 6) is -0.139. The molecule has 1 atom stereocenters. The molecule has 1 aliphatic rings. The van der Waals surface area contributed by atoms with Gasteiger partial charge in [-0.1, -0.05) is 17.4 Å². The fourth-order valence-electron chi connectivity index (χ4n) is 3.44. The lowest BCUT2D eigenvalue weighted by atomic mass is 10.1. The number of carbonyl (C=O) groups is 2. The number of likely N-dealkylation sites (tertiary alicyclic amines) is 1. The largest absolute Gasteiger partial charge is 0.508 e. The molecule has 13 heteroatoms. The Kier molecular flexibility index (Phi) is 7.99. The summed E-state index contributed by atoms with van der Waals surface area (Å²) in [6.07, 6.45) is -1.55. The molecular weight excluding hydrogens is 485 g/mol. The molecule has 2 aromatic heterocycles. The number of thiazole rings is 1. The number of benzene rings is 1. The van der Waals surface area contributed by atoms with E-state index >= 15 is 0 Å². The molecule has 0 aliphatic carbocycles. The van der Waals surface area contributed by atoms with E-state index in [1.807, 2.05) is 6.92 Å². The van der Waals surface area contributed by atoms with Gasteiger partial charge in [0.25, 0.3) is 0 Å². The maximum atomic E-state index is 12.3. The SMILES string of the molecule is Cc1ccc(O)c(C)c1N.O=Cc1cnc(Nc2ccn(C3CCN(C(=O)CC(F)(F)F)C3)n2)s1. The Morgan fingerprint density at radius 2 is 2.09 bits per heavy atom. The van der Waals surface area contributed by atoms with Crippen LogP contribution in [0.3, 0.4) is 0 Å². The first-order valence-electron chi connectivity index (χ1n) is 10.6. The monoisotopic (exact) mass is 510 g/mol. The number of aldehydes is 1. The molecule has 3 heterocycles. The van der Waals surface area contributed by atoms with Gasteiger partial charge in [-0.05, 0) is 31.9 Å². The van der Waals surface area contributed by atoms with Gasteiger partial charge in [-0.25, -0.2) is 4.98 Å². The van der Waals surface area contributed by atoms with Crippen LogP contribution in [0.5, 0.6) is 5.75 Å². The summed E-state index contributed by atoms with van der Waals surface area (Å²) in [6, 6.07) is 4.98. The van der Waals surface area contributed by atoms with Crippen molar-refractivity contribution in [3.63, 3.8) is 0 Å². The summed E-state index contributed by atoms with van der Waals surface area (Å²) >= 11 is 1.18. The molecule has 0 radical (unpaired) electrons. The van der Waals surface area contributed by atoms with Crippen LogP contribution in [-0.4, -0.2) is 56.2 Å². The molecule has 0 bridgehead atoms. The fraction of sp³-hybridized carbons (Fsp3) is 0.364. The van der Waals surface area contributed by atoms with Crippen molar-refractivity contribution in [2.75, 3.05) is 24.1 Å². The van der Waals surface area contributed by atoms with Crippen molar-refractivity contribution in [3.05, 3.63) is 46.6 Å². The highest BCUT2D eigenvalue weighted by atomic mass is 32.1. The van der Waals surface area contributed by atoms with Gasteiger partial charge in [0.2, 0.25) is 5.91 Å². The number of phenolic OH excluding ortho intramolecular Hbond substituents is 1. The van der Waals surface area contributed by atoms with Gasteiger partial charge in [0.15, 0.2) is 17.2 Å². The molecule has 9 nitrogen and oxygen atoms in total. The van der Waals surface area contributed by atoms with Gasteiger partial charge in [-0.2, -0.15) is 18.3 Å². The fourth-order valence-corrected chi connectivity index (χ4v) is 4.07. The highest BCUT2D eigenvalue weighted by Crippen LogP contribution is 2.27. The van der Waals surface area contributed by atoms with Crippen molar-refractivity contribution in [2.24, 2.45) is 0 Å². The first-order valence-corrected chi connectivity index (χ1v) is 11.4. The number of aryl methyl sites for hydroxylation is 1. The molecule has 1 amide bonds. The third kappa shape index (κ3) is 6.94. The van der Waals surface area contributed by atoms with Crippen LogP contribution in [0.1, 0.15) is 39.7 Å². The van der Waals surface area contributed by atoms with E-state index in [4.69, 9.17) is 10.8 Å². The minimum Gasteiger partial charge on any atom is -0.508 e. The van der Waals surface area contributed by atoms with Crippen LogP contribution in [-0.2, 0) is 4.79 Å². The minimum absolute atomic E-state index is 0.172. The number of nitrogens with zero attached hydrogens (tertiary/aromatic N) is 4. The molecule has 1 fully saturated rings. The second-order valence-electron chi connectivity index (χ2n) is 8.01. The molecular formula is C22H25F3N6O3S. The van der Waals surface area contributed by atoms with E-state index < -0.39 is 18.5 Å². The Hall–Kier alpha value is -3.61. The van der Waals surface area contributed by atoms with Crippen molar-refractivity contribution < 1.29 is 27.9 Å². The number of nitrogens with one attached hydrogen (secondary N) is 1. The lowest BCUT2D eigenvalue weighted by molar-refractivity contribution is -0.160. The number of alkyl halides is 3.